The number of aliphatic hydroxyl groups is 1. The van der Waals surface area contributed by atoms with Crippen LogP contribution in [-0.4, -0.2) is 47.1 Å². The van der Waals surface area contributed by atoms with Gasteiger partial charge in [0, 0.05) is 19.2 Å². The molecule has 7 nitrogen and oxygen atoms in total. The van der Waals surface area contributed by atoms with Gasteiger partial charge in [0.25, 0.3) is 11.6 Å². The van der Waals surface area contributed by atoms with Crippen LogP contribution < -0.4 is 4.74 Å². The lowest BCUT2D eigenvalue weighted by Gasteiger charge is -2.23. The third-order valence-corrected chi connectivity index (χ3v) is 2.73. The number of non-ortho nitro benzene ring substituents is 1. The Hall–Kier alpha value is -2.15. The summed E-state index contributed by atoms with van der Waals surface area (Å²) in [7, 11) is 1.57. The van der Waals surface area contributed by atoms with Crippen LogP contribution in [0.2, 0.25) is 0 Å². The average molecular weight is 268 g/mol. The lowest BCUT2D eigenvalue weighted by Crippen LogP contribution is -2.40. The van der Waals surface area contributed by atoms with Gasteiger partial charge >= 0.3 is 0 Å². The summed E-state index contributed by atoms with van der Waals surface area (Å²) < 4.78 is 5.22. The van der Waals surface area contributed by atoms with E-state index in [0.29, 0.717) is 5.75 Å². The zero-order valence-corrected chi connectivity index (χ0v) is 10.8. The minimum Gasteiger partial charge on any atom is -0.484 e. The van der Waals surface area contributed by atoms with Gasteiger partial charge in [-0.1, -0.05) is 0 Å². The Balaban J connectivity index is 2.52. The molecule has 0 heterocycles. The van der Waals surface area contributed by atoms with Gasteiger partial charge in [-0.15, -0.1) is 0 Å². The van der Waals surface area contributed by atoms with Gasteiger partial charge in [0.05, 0.1) is 17.6 Å². The fraction of sp³-hybridized carbons (Fsp3) is 0.417. The molecular formula is C12H16N2O5. The molecule has 104 valence electrons. The number of rotatable bonds is 6. The summed E-state index contributed by atoms with van der Waals surface area (Å²) in [5.41, 5.74) is -0.0373. The van der Waals surface area contributed by atoms with Crippen LogP contribution in [0.1, 0.15) is 6.92 Å². The van der Waals surface area contributed by atoms with E-state index in [1.54, 1.807) is 14.0 Å². The van der Waals surface area contributed by atoms with Gasteiger partial charge in [0.1, 0.15) is 5.75 Å². The molecule has 0 aliphatic rings. The van der Waals surface area contributed by atoms with Crippen molar-refractivity contribution in [3.05, 3.63) is 34.4 Å². The number of aliphatic hydroxyl groups excluding tert-OH is 1. The highest BCUT2D eigenvalue weighted by atomic mass is 16.6. The van der Waals surface area contributed by atoms with Crippen LogP contribution in [0.15, 0.2) is 24.3 Å². The van der Waals surface area contributed by atoms with Crippen molar-refractivity contribution in [1.29, 1.82) is 0 Å². The third-order valence-electron chi connectivity index (χ3n) is 2.73. The number of benzene rings is 1. The lowest BCUT2D eigenvalue weighted by molar-refractivity contribution is -0.384. The van der Waals surface area contributed by atoms with E-state index in [-0.39, 0.29) is 30.9 Å². The molecule has 1 unspecified atom stereocenters. The van der Waals surface area contributed by atoms with Crippen molar-refractivity contribution in [2.45, 2.75) is 13.0 Å². The predicted octanol–water partition coefficient (Wildman–Crippen LogP) is 0.813. The van der Waals surface area contributed by atoms with Crippen LogP contribution in [0.25, 0.3) is 0 Å². The summed E-state index contributed by atoms with van der Waals surface area (Å²) in [5.74, 6) is 0.101. The molecule has 7 heteroatoms. The topological polar surface area (TPSA) is 92.9 Å². The molecule has 1 rings (SSSR count). The van der Waals surface area contributed by atoms with Gasteiger partial charge in [0.15, 0.2) is 6.61 Å². The molecule has 1 aromatic carbocycles. The maximum absolute atomic E-state index is 11.7. The highest BCUT2D eigenvalue weighted by Crippen LogP contribution is 2.17. The van der Waals surface area contributed by atoms with Crippen molar-refractivity contribution >= 4 is 11.6 Å². The number of amides is 1. The van der Waals surface area contributed by atoms with Gasteiger partial charge in [-0.3, -0.25) is 14.9 Å². The molecule has 0 radical (unpaired) electrons. The molecule has 0 saturated carbocycles. The highest BCUT2D eigenvalue weighted by molar-refractivity contribution is 5.77. The fourth-order valence-corrected chi connectivity index (χ4v) is 1.28. The monoisotopic (exact) mass is 268 g/mol. The Bertz CT molecular complexity index is 446. The minimum atomic E-state index is -0.508. The van der Waals surface area contributed by atoms with E-state index in [9.17, 15) is 14.9 Å². The first-order chi connectivity index (χ1) is 8.95. The number of nitrogens with zero attached hydrogens (tertiary/aromatic N) is 2. The smallest absolute Gasteiger partial charge is 0.269 e. The molecule has 1 atom stereocenters. The molecule has 0 spiro atoms. The summed E-state index contributed by atoms with van der Waals surface area (Å²) in [6.07, 6.45) is 0. The first-order valence-electron chi connectivity index (χ1n) is 5.69. The third kappa shape index (κ3) is 4.22. The van der Waals surface area contributed by atoms with Crippen molar-refractivity contribution in [3.8, 4) is 5.75 Å². The normalized spacial score (nSPS) is 11.7. The number of carbonyl (C=O) groups excluding carboxylic acids is 1. The Morgan fingerprint density at radius 3 is 2.53 bits per heavy atom. The molecule has 19 heavy (non-hydrogen) atoms. The van der Waals surface area contributed by atoms with Gasteiger partial charge in [-0.2, -0.15) is 0 Å². The maximum Gasteiger partial charge on any atom is 0.269 e. The van der Waals surface area contributed by atoms with E-state index in [0.717, 1.165) is 0 Å². The van der Waals surface area contributed by atoms with Crippen LogP contribution in [-0.2, 0) is 4.79 Å². The Kier molecular flexibility index (Phi) is 5.25. The van der Waals surface area contributed by atoms with Crippen LogP contribution in [0.5, 0.6) is 5.75 Å². The lowest BCUT2D eigenvalue weighted by atomic mass is 10.3. The van der Waals surface area contributed by atoms with Crippen LogP contribution in [0, 0.1) is 10.1 Å². The molecule has 0 fully saturated rings. The standard InChI is InChI=1S/C12H16N2O5/c1-9(7-15)13(2)12(16)8-19-11-5-3-10(4-6-11)14(17)18/h3-6,9,15H,7-8H2,1-2H3. The molecule has 1 amide bonds. The first-order valence-corrected chi connectivity index (χ1v) is 5.69. The molecule has 1 aromatic rings. The largest absolute Gasteiger partial charge is 0.484 e. The average Bonchev–Trinajstić information content (AvgIpc) is 2.43. The van der Waals surface area contributed by atoms with Crippen molar-refractivity contribution in [2.75, 3.05) is 20.3 Å². The zero-order chi connectivity index (χ0) is 14.4. The molecular weight excluding hydrogens is 252 g/mol. The van der Waals surface area contributed by atoms with Crippen molar-refractivity contribution in [3.63, 3.8) is 0 Å². The Morgan fingerprint density at radius 1 is 1.47 bits per heavy atom. The SMILES string of the molecule is CC(CO)N(C)C(=O)COc1ccc([N+](=O)[O-])cc1. The fourth-order valence-electron chi connectivity index (χ4n) is 1.28. The van der Waals surface area contributed by atoms with E-state index in [1.165, 1.54) is 29.2 Å². The minimum absolute atomic E-state index is 0.0373. The van der Waals surface area contributed by atoms with Gasteiger partial charge in [-0.25, -0.2) is 0 Å². The summed E-state index contributed by atoms with van der Waals surface area (Å²) in [6.45, 7) is 1.40. The number of ether oxygens (including phenoxy) is 1. The van der Waals surface area contributed by atoms with E-state index < -0.39 is 4.92 Å². The van der Waals surface area contributed by atoms with Crippen LogP contribution >= 0.6 is 0 Å². The van der Waals surface area contributed by atoms with E-state index >= 15 is 0 Å². The molecule has 1 N–H and O–H groups in total. The van der Waals surface area contributed by atoms with Crippen LogP contribution in [0.4, 0.5) is 5.69 Å². The summed E-state index contributed by atoms with van der Waals surface area (Å²) in [5, 5.41) is 19.4. The highest BCUT2D eigenvalue weighted by Gasteiger charge is 2.15. The molecule has 0 bridgehead atoms. The van der Waals surface area contributed by atoms with Crippen molar-refractivity contribution in [2.24, 2.45) is 0 Å². The van der Waals surface area contributed by atoms with E-state index in [4.69, 9.17) is 9.84 Å². The number of hydrogen-bond donors (Lipinski definition) is 1. The second-order valence-electron chi connectivity index (χ2n) is 4.08. The Morgan fingerprint density at radius 2 is 2.05 bits per heavy atom. The van der Waals surface area contributed by atoms with Gasteiger partial charge in [0.2, 0.25) is 0 Å². The molecule has 0 aliphatic heterocycles. The van der Waals surface area contributed by atoms with Crippen LogP contribution in [0.3, 0.4) is 0 Å². The molecule has 0 aliphatic carbocycles. The number of likely N-dealkylation sites (N-methyl/N-ethyl adjacent to an activating group) is 1. The molecule has 0 saturated heterocycles. The van der Waals surface area contributed by atoms with Crippen molar-refractivity contribution < 1.29 is 19.6 Å². The zero-order valence-electron chi connectivity index (χ0n) is 10.8. The summed E-state index contributed by atoms with van der Waals surface area (Å²) in [4.78, 5) is 23.0. The molecule has 0 aromatic heterocycles. The van der Waals surface area contributed by atoms with E-state index in [1.807, 2.05) is 0 Å². The number of carbonyl (C=O) groups is 1. The number of hydrogen-bond acceptors (Lipinski definition) is 5. The first kappa shape index (κ1) is 14.9. The second kappa shape index (κ2) is 6.69. The predicted molar refractivity (Wildman–Crippen MR) is 67.9 cm³/mol. The van der Waals surface area contributed by atoms with Gasteiger partial charge in [-0.05, 0) is 19.1 Å². The summed E-state index contributed by atoms with van der Waals surface area (Å²) in [6, 6.07) is 5.19. The maximum atomic E-state index is 11.7. The second-order valence-corrected chi connectivity index (χ2v) is 4.08. The number of nitro groups is 1. The summed E-state index contributed by atoms with van der Waals surface area (Å²) >= 11 is 0. The Labute approximate surface area is 110 Å². The quantitative estimate of drug-likeness (QED) is 0.608. The van der Waals surface area contributed by atoms with Gasteiger partial charge < -0.3 is 14.7 Å². The van der Waals surface area contributed by atoms with Crippen molar-refractivity contribution in [1.82, 2.24) is 4.90 Å². The number of nitro benzene ring substituents is 1. The van der Waals surface area contributed by atoms with E-state index in [2.05, 4.69) is 0 Å².